The Balaban J connectivity index is 1.76. The molecule has 0 fully saturated rings. The van der Waals surface area contributed by atoms with E-state index in [1.807, 2.05) is 0 Å². The maximum absolute atomic E-state index is 3.90. The highest BCUT2D eigenvalue weighted by Gasteiger charge is 2.31. The molecule has 2 aromatic rings. The molecule has 0 saturated heterocycles. The zero-order valence-electron chi connectivity index (χ0n) is 11.3. The minimum Gasteiger partial charge on any atom is -0.0832 e. The summed E-state index contributed by atoms with van der Waals surface area (Å²) in [5.74, 6) is 0.633. The van der Waals surface area contributed by atoms with Gasteiger partial charge in [-0.3, -0.25) is 0 Å². The summed E-state index contributed by atoms with van der Waals surface area (Å²) in [6.45, 7) is 2.23. The van der Waals surface area contributed by atoms with Crippen LogP contribution in [0.2, 0.25) is 0 Å². The highest BCUT2D eigenvalue weighted by Crippen LogP contribution is 2.47. The first kappa shape index (κ1) is 12.9. The van der Waals surface area contributed by atoms with Crippen molar-refractivity contribution >= 4 is 15.9 Å². The monoisotopic (exact) mass is 314 g/mol. The number of fused-ring (bicyclic) bond motifs is 1. The normalized spacial score (nSPS) is 18.5. The van der Waals surface area contributed by atoms with Crippen molar-refractivity contribution in [1.82, 2.24) is 0 Å². The molecule has 3 rings (SSSR count). The lowest BCUT2D eigenvalue weighted by atomic mass is 9.74. The molecule has 1 aliphatic rings. The van der Waals surface area contributed by atoms with Gasteiger partial charge in [-0.1, -0.05) is 77.8 Å². The molecule has 0 aromatic heterocycles. The first-order valence-corrected chi connectivity index (χ1v) is 8.02. The summed E-state index contributed by atoms with van der Waals surface area (Å²) in [4.78, 5) is 0.443. The van der Waals surface area contributed by atoms with Gasteiger partial charge in [-0.05, 0) is 35.1 Å². The highest BCUT2D eigenvalue weighted by molar-refractivity contribution is 9.09. The average Bonchev–Trinajstić information content (AvgIpc) is 2.41. The first-order chi connectivity index (χ1) is 9.29. The number of alkyl halides is 1. The van der Waals surface area contributed by atoms with E-state index in [-0.39, 0.29) is 0 Å². The number of hydrogen-bond donors (Lipinski definition) is 0. The molecular weight excluding hydrogens is 296 g/mol. The molecule has 0 amide bonds. The number of rotatable bonds is 4. The fourth-order valence-electron chi connectivity index (χ4n) is 2.95. The van der Waals surface area contributed by atoms with Crippen molar-refractivity contribution in [3.8, 4) is 0 Å². The molecule has 2 aromatic carbocycles. The van der Waals surface area contributed by atoms with Crippen LogP contribution in [0.4, 0.5) is 0 Å². The van der Waals surface area contributed by atoms with E-state index in [2.05, 4.69) is 71.4 Å². The van der Waals surface area contributed by atoms with Crippen molar-refractivity contribution in [3.63, 3.8) is 0 Å². The second-order valence-corrected chi connectivity index (χ2v) is 6.39. The summed E-state index contributed by atoms with van der Waals surface area (Å²) in [5.41, 5.74) is 5.88. The van der Waals surface area contributed by atoms with Crippen molar-refractivity contribution in [2.24, 2.45) is 0 Å². The van der Waals surface area contributed by atoms with Gasteiger partial charge in [0.1, 0.15) is 0 Å². The van der Waals surface area contributed by atoms with Gasteiger partial charge in [0.2, 0.25) is 0 Å². The molecule has 0 radical (unpaired) electrons. The summed E-state index contributed by atoms with van der Waals surface area (Å²) < 4.78 is 0. The summed E-state index contributed by atoms with van der Waals surface area (Å²) >= 11 is 3.90. The van der Waals surface area contributed by atoms with Gasteiger partial charge in [0.05, 0.1) is 0 Å². The molecule has 2 unspecified atom stereocenters. The van der Waals surface area contributed by atoms with Crippen molar-refractivity contribution < 1.29 is 0 Å². The molecule has 0 bridgehead atoms. The first-order valence-electron chi connectivity index (χ1n) is 7.10. The Bertz CT molecular complexity index is 556. The lowest BCUT2D eigenvalue weighted by molar-refractivity contribution is 0.600. The molecule has 0 aliphatic heterocycles. The lowest BCUT2D eigenvalue weighted by Gasteiger charge is -2.34. The van der Waals surface area contributed by atoms with E-state index in [9.17, 15) is 0 Å². The Labute approximate surface area is 124 Å². The Hall–Kier alpha value is -1.08. The summed E-state index contributed by atoms with van der Waals surface area (Å²) in [6.07, 6.45) is 3.59. The van der Waals surface area contributed by atoms with E-state index >= 15 is 0 Å². The molecule has 0 N–H and O–H groups in total. The highest BCUT2D eigenvalue weighted by atomic mass is 79.9. The van der Waals surface area contributed by atoms with Gasteiger partial charge in [0, 0.05) is 10.7 Å². The number of aryl methyl sites for hydroxylation is 1. The van der Waals surface area contributed by atoms with Crippen LogP contribution < -0.4 is 0 Å². The summed E-state index contributed by atoms with van der Waals surface area (Å²) in [6, 6.07) is 17.9. The third kappa shape index (κ3) is 2.49. The minimum atomic E-state index is 0.443. The van der Waals surface area contributed by atoms with E-state index in [0.29, 0.717) is 10.7 Å². The van der Waals surface area contributed by atoms with Gasteiger partial charge in [-0.2, -0.15) is 0 Å². The SMILES string of the molecule is CCCc1ccc(C(Br)C2Cc3ccccc32)cc1. The maximum atomic E-state index is 3.90. The Kier molecular flexibility index (Phi) is 3.74. The van der Waals surface area contributed by atoms with Crippen LogP contribution in [0.25, 0.3) is 0 Å². The van der Waals surface area contributed by atoms with E-state index in [1.54, 1.807) is 0 Å². The van der Waals surface area contributed by atoms with Gasteiger partial charge in [-0.15, -0.1) is 0 Å². The van der Waals surface area contributed by atoms with Crippen LogP contribution >= 0.6 is 15.9 Å². The van der Waals surface area contributed by atoms with Crippen LogP contribution in [0.3, 0.4) is 0 Å². The molecule has 0 saturated carbocycles. The topological polar surface area (TPSA) is 0 Å². The van der Waals surface area contributed by atoms with E-state index in [4.69, 9.17) is 0 Å². The van der Waals surface area contributed by atoms with Gasteiger partial charge >= 0.3 is 0 Å². The minimum absolute atomic E-state index is 0.443. The summed E-state index contributed by atoms with van der Waals surface area (Å²) in [7, 11) is 0. The predicted molar refractivity (Wildman–Crippen MR) is 85.0 cm³/mol. The Morgan fingerprint density at radius 3 is 2.53 bits per heavy atom. The maximum Gasteiger partial charge on any atom is 0.0467 e. The zero-order valence-corrected chi connectivity index (χ0v) is 12.9. The van der Waals surface area contributed by atoms with Crippen LogP contribution in [-0.2, 0) is 12.8 Å². The largest absolute Gasteiger partial charge is 0.0832 e. The Morgan fingerprint density at radius 1 is 1.11 bits per heavy atom. The van der Waals surface area contributed by atoms with Gasteiger partial charge in [-0.25, -0.2) is 0 Å². The van der Waals surface area contributed by atoms with Gasteiger partial charge in [0.25, 0.3) is 0 Å². The third-order valence-electron chi connectivity index (χ3n) is 4.08. The molecule has 19 heavy (non-hydrogen) atoms. The quantitative estimate of drug-likeness (QED) is 0.661. The number of benzene rings is 2. The van der Waals surface area contributed by atoms with E-state index in [0.717, 1.165) is 0 Å². The molecule has 1 aliphatic carbocycles. The zero-order chi connectivity index (χ0) is 13.2. The molecule has 1 heteroatoms. The van der Waals surface area contributed by atoms with Crippen LogP contribution in [0.1, 0.15) is 46.3 Å². The van der Waals surface area contributed by atoms with Crippen molar-refractivity contribution in [3.05, 3.63) is 70.8 Å². The number of halogens is 1. The second-order valence-electron chi connectivity index (χ2n) is 5.40. The predicted octanol–water partition coefficient (Wildman–Crippen LogP) is 5.42. The molecule has 0 heterocycles. The lowest BCUT2D eigenvalue weighted by Crippen LogP contribution is -2.20. The second kappa shape index (κ2) is 5.50. The van der Waals surface area contributed by atoms with Gasteiger partial charge < -0.3 is 0 Å². The summed E-state index contributed by atoms with van der Waals surface area (Å²) in [5, 5.41) is 0. The molecular formula is C18H19Br. The fraction of sp³-hybridized carbons (Fsp3) is 0.333. The van der Waals surface area contributed by atoms with E-state index in [1.165, 1.54) is 41.5 Å². The third-order valence-corrected chi connectivity index (χ3v) is 5.25. The standard InChI is InChI=1S/C18H19Br/c1-2-5-13-8-10-14(11-9-13)18(19)17-12-15-6-3-4-7-16(15)17/h3-4,6-11,17-18H,2,5,12H2,1H3. The Morgan fingerprint density at radius 2 is 1.84 bits per heavy atom. The molecule has 2 atom stereocenters. The van der Waals surface area contributed by atoms with Crippen molar-refractivity contribution in [2.75, 3.05) is 0 Å². The van der Waals surface area contributed by atoms with Crippen LogP contribution in [0, 0.1) is 0 Å². The molecule has 98 valence electrons. The fourth-order valence-corrected chi connectivity index (χ4v) is 3.72. The van der Waals surface area contributed by atoms with Crippen molar-refractivity contribution in [2.45, 2.75) is 36.9 Å². The van der Waals surface area contributed by atoms with Gasteiger partial charge in [0.15, 0.2) is 0 Å². The van der Waals surface area contributed by atoms with E-state index < -0.39 is 0 Å². The van der Waals surface area contributed by atoms with Crippen LogP contribution in [0.5, 0.6) is 0 Å². The van der Waals surface area contributed by atoms with Crippen LogP contribution in [-0.4, -0.2) is 0 Å². The molecule has 0 spiro atoms. The van der Waals surface area contributed by atoms with Crippen molar-refractivity contribution in [1.29, 1.82) is 0 Å². The number of hydrogen-bond acceptors (Lipinski definition) is 0. The van der Waals surface area contributed by atoms with Crippen LogP contribution in [0.15, 0.2) is 48.5 Å². The smallest absolute Gasteiger partial charge is 0.0467 e. The average molecular weight is 315 g/mol. The molecule has 0 nitrogen and oxygen atoms in total.